The zero-order valence-electron chi connectivity index (χ0n) is 10.5. The van der Waals surface area contributed by atoms with Gasteiger partial charge < -0.3 is 10.8 Å². The Morgan fingerprint density at radius 3 is 2.47 bits per heavy atom. The molecule has 1 aromatic rings. The second-order valence-corrected chi connectivity index (χ2v) is 5.14. The molecule has 5 heteroatoms. The first kappa shape index (κ1) is 13.9. The summed E-state index contributed by atoms with van der Waals surface area (Å²) in [7, 11) is 0. The van der Waals surface area contributed by atoms with Crippen LogP contribution in [-0.2, 0) is 4.79 Å². The molecule has 1 aromatic carbocycles. The Kier molecular flexibility index (Phi) is 4.14. The number of nitrogens with two attached hydrogens (primary N) is 1. The summed E-state index contributed by atoms with van der Waals surface area (Å²) in [5, 5.41) is 8.92. The second-order valence-electron chi connectivity index (χ2n) is 5.14. The molecule has 3 nitrogen and oxygen atoms in total. The van der Waals surface area contributed by atoms with E-state index in [-0.39, 0.29) is 17.4 Å². The van der Waals surface area contributed by atoms with Crippen molar-refractivity contribution in [2.24, 2.45) is 17.6 Å². The average molecular weight is 269 g/mol. The van der Waals surface area contributed by atoms with Gasteiger partial charge in [0.25, 0.3) is 0 Å². The maximum atomic E-state index is 13.6. The minimum absolute atomic E-state index is 0.00639. The van der Waals surface area contributed by atoms with E-state index in [0.717, 1.165) is 18.2 Å². The Morgan fingerprint density at radius 2 is 1.89 bits per heavy atom. The van der Waals surface area contributed by atoms with Crippen molar-refractivity contribution in [2.75, 3.05) is 0 Å². The summed E-state index contributed by atoms with van der Waals surface area (Å²) in [5.41, 5.74) is 6.19. The van der Waals surface area contributed by atoms with E-state index in [0.29, 0.717) is 25.7 Å². The molecule has 104 valence electrons. The van der Waals surface area contributed by atoms with Crippen molar-refractivity contribution in [3.05, 3.63) is 35.4 Å². The third-order valence-electron chi connectivity index (χ3n) is 3.95. The maximum absolute atomic E-state index is 13.6. The van der Waals surface area contributed by atoms with Crippen molar-refractivity contribution in [3.8, 4) is 0 Å². The molecule has 3 N–H and O–H groups in total. The summed E-state index contributed by atoms with van der Waals surface area (Å²) < 4.78 is 26.8. The van der Waals surface area contributed by atoms with E-state index in [4.69, 9.17) is 10.8 Å². The van der Waals surface area contributed by atoms with Gasteiger partial charge in [0.05, 0.1) is 5.92 Å². The normalized spacial score (nSPS) is 25.0. The first-order valence-electron chi connectivity index (χ1n) is 6.42. The van der Waals surface area contributed by atoms with Gasteiger partial charge >= 0.3 is 5.97 Å². The van der Waals surface area contributed by atoms with Crippen LogP contribution in [0.25, 0.3) is 0 Å². The van der Waals surface area contributed by atoms with Gasteiger partial charge in [0.1, 0.15) is 11.6 Å². The second kappa shape index (κ2) is 5.65. The van der Waals surface area contributed by atoms with Crippen LogP contribution in [-0.4, -0.2) is 11.1 Å². The number of rotatable bonds is 3. The van der Waals surface area contributed by atoms with Gasteiger partial charge in [-0.15, -0.1) is 0 Å². The van der Waals surface area contributed by atoms with Crippen LogP contribution >= 0.6 is 0 Å². The lowest BCUT2D eigenvalue weighted by Gasteiger charge is -2.30. The van der Waals surface area contributed by atoms with Gasteiger partial charge in [0.2, 0.25) is 0 Å². The molecule has 1 atom stereocenters. The van der Waals surface area contributed by atoms with Gasteiger partial charge in [-0.1, -0.05) is 0 Å². The van der Waals surface area contributed by atoms with Crippen molar-refractivity contribution >= 4 is 5.97 Å². The molecule has 0 aliphatic heterocycles. The lowest BCUT2D eigenvalue weighted by atomic mass is 9.77. The van der Waals surface area contributed by atoms with Crippen LogP contribution in [0, 0.1) is 23.5 Å². The fourth-order valence-electron chi connectivity index (χ4n) is 2.75. The van der Waals surface area contributed by atoms with Crippen molar-refractivity contribution < 1.29 is 18.7 Å². The number of carbonyl (C=O) groups is 1. The summed E-state index contributed by atoms with van der Waals surface area (Å²) in [4.78, 5) is 10.9. The minimum Gasteiger partial charge on any atom is -0.481 e. The smallest absolute Gasteiger partial charge is 0.306 e. The molecule has 1 fully saturated rings. The fraction of sp³-hybridized carbons (Fsp3) is 0.500. The van der Waals surface area contributed by atoms with Gasteiger partial charge in [0, 0.05) is 11.6 Å². The number of halogens is 2. The predicted octanol–water partition coefficient (Wildman–Crippen LogP) is 2.86. The topological polar surface area (TPSA) is 63.3 Å². The first-order valence-corrected chi connectivity index (χ1v) is 6.42. The van der Waals surface area contributed by atoms with Crippen molar-refractivity contribution in [1.29, 1.82) is 0 Å². The number of carboxylic acid groups (broad SMARTS) is 1. The lowest BCUT2D eigenvalue weighted by molar-refractivity contribution is -0.143. The van der Waals surface area contributed by atoms with Crippen molar-refractivity contribution in [2.45, 2.75) is 31.7 Å². The maximum Gasteiger partial charge on any atom is 0.306 e. The highest BCUT2D eigenvalue weighted by Gasteiger charge is 2.30. The van der Waals surface area contributed by atoms with E-state index in [9.17, 15) is 13.6 Å². The van der Waals surface area contributed by atoms with Crippen LogP contribution < -0.4 is 5.73 Å². The lowest BCUT2D eigenvalue weighted by Crippen LogP contribution is -2.29. The van der Waals surface area contributed by atoms with Crippen LogP contribution in [0.1, 0.15) is 37.3 Å². The molecule has 1 aliphatic rings. The van der Waals surface area contributed by atoms with Gasteiger partial charge in [-0.2, -0.15) is 0 Å². The molecule has 0 amide bonds. The molecule has 1 saturated carbocycles. The van der Waals surface area contributed by atoms with E-state index >= 15 is 0 Å². The van der Waals surface area contributed by atoms with Crippen molar-refractivity contribution in [1.82, 2.24) is 0 Å². The van der Waals surface area contributed by atoms with Crippen LogP contribution in [0.3, 0.4) is 0 Å². The molecule has 1 aliphatic carbocycles. The Balaban J connectivity index is 2.07. The molecule has 0 radical (unpaired) electrons. The molecule has 2 rings (SSSR count). The Labute approximate surface area is 110 Å². The van der Waals surface area contributed by atoms with Crippen LogP contribution in [0.5, 0.6) is 0 Å². The van der Waals surface area contributed by atoms with E-state index in [1.807, 2.05) is 0 Å². The first-order chi connectivity index (χ1) is 8.99. The largest absolute Gasteiger partial charge is 0.481 e. The summed E-state index contributed by atoms with van der Waals surface area (Å²) in [6.07, 6.45) is 2.36. The van der Waals surface area contributed by atoms with Crippen LogP contribution in [0.2, 0.25) is 0 Å². The summed E-state index contributed by atoms with van der Waals surface area (Å²) in [5.74, 6) is -2.13. The highest BCUT2D eigenvalue weighted by atomic mass is 19.1. The molecule has 0 heterocycles. The Bertz CT molecular complexity index is 471. The van der Waals surface area contributed by atoms with E-state index < -0.39 is 23.6 Å². The number of hydrogen-bond donors (Lipinski definition) is 2. The molecule has 0 saturated heterocycles. The summed E-state index contributed by atoms with van der Waals surface area (Å²) in [6, 6.07) is 2.69. The summed E-state index contributed by atoms with van der Waals surface area (Å²) in [6.45, 7) is 0. The molecular formula is C14H17F2NO2. The van der Waals surface area contributed by atoms with E-state index in [1.165, 1.54) is 0 Å². The van der Waals surface area contributed by atoms with Crippen molar-refractivity contribution in [3.63, 3.8) is 0 Å². The zero-order valence-corrected chi connectivity index (χ0v) is 10.5. The third-order valence-corrected chi connectivity index (χ3v) is 3.95. The highest BCUT2D eigenvalue weighted by molar-refractivity contribution is 5.70. The van der Waals surface area contributed by atoms with E-state index in [1.54, 1.807) is 0 Å². The zero-order chi connectivity index (χ0) is 14.0. The van der Waals surface area contributed by atoms with Gasteiger partial charge in [0.15, 0.2) is 0 Å². The van der Waals surface area contributed by atoms with Gasteiger partial charge in [-0.25, -0.2) is 8.78 Å². The molecule has 0 spiro atoms. The molecular weight excluding hydrogens is 252 g/mol. The molecule has 19 heavy (non-hydrogen) atoms. The molecule has 1 unspecified atom stereocenters. The van der Waals surface area contributed by atoms with Gasteiger partial charge in [-0.05, 0) is 49.8 Å². The fourth-order valence-corrected chi connectivity index (χ4v) is 2.75. The number of hydrogen-bond acceptors (Lipinski definition) is 2. The highest BCUT2D eigenvalue weighted by Crippen LogP contribution is 2.36. The standard InChI is InChI=1S/C14H17F2NO2/c15-10-5-6-12(16)11(7-10)13(17)8-1-3-9(4-2-8)14(18)19/h5-9,13H,1-4,17H2,(H,18,19). The Hall–Kier alpha value is -1.49. The third kappa shape index (κ3) is 3.10. The monoisotopic (exact) mass is 269 g/mol. The molecule has 0 bridgehead atoms. The SMILES string of the molecule is NC(c1cc(F)ccc1F)C1CCC(C(=O)O)CC1. The van der Waals surface area contributed by atoms with Crippen LogP contribution in [0.15, 0.2) is 18.2 Å². The van der Waals surface area contributed by atoms with E-state index in [2.05, 4.69) is 0 Å². The number of carboxylic acids is 1. The van der Waals surface area contributed by atoms with Crippen LogP contribution in [0.4, 0.5) is 8.78 Å². The number of benzene rings is 1. The quantitative estimate of drug-likeness (QED) is 0.886. The average Bonchev–Trinajstić information content (AvgIpc) is 2.41. The number of aliphatic carboxylic acids is 1. The minimum atomic E-state index is -0.788. The Morgan fingerprint density at radius 1 is 1.26 bits per heavy atom. The summed E-state index contributed by atoms with van der Waals surface area (Å²) >= 11 is 0. The van der Waals surface area contributed by atoms with Gasteiger partial charge in [-0.3, -0.25) is 4.79 Å². The predicted molar refractivity (Wildman–Crippen MR) is 66.4 cm³/mol. The molecule has 0 aromatic heterocycles.